The van der Waals surface area contributed by atoms with E-state index >= 15 is 0 Å². The molecule has 1 atom stereocenters. The second kappa shape index (κ2) is 2.66. The molecule has 0 radical (unpaired) electrons. The first-order valence-electron chi connectivity index (χ1n) is 1.42. The molecule has 0 aliphatic heterocycles. The highest BCUT2D eigenvalue weighted by Crippen LogP contribution is 2.14. The minimum Gasteiger partial charge on any atom is -0.429 e. The second-order valence-corrected chi connectivity index (χ2v) is 1.65. The highest BCUT2D eigenvalue weighted by atomic mass is 31.1. The van der Waals surface area contributed by atoms with Crippen molar-refractivity contribution in [2.24, 2.45) is 0 Å². The molecule has 40 valence electrons. The minimum atomic E-state index is -2.77. The van der Waals surface area contributed by atoms with Crippen LogP contribution in [0, 0.1) is 0 Å². The van der Waals surface area contributed by atoms with E-state index in [1.165, 1.54) is 0 Å². The van der Waals surface area contributed by atoms with Gasteiger partial charge in [0, 0.05) is 0 Å². The Morgan fingerprint density at radius 2 is 2.29 bits per heavy atom. The Morgan fingerprint density at radius 1 is 1.86 bits per heavy atom. The summed E-state index contributed by atoms with van der Waals surface area (Å²) in [4.78, 5) is 17.6. The maximum absolute atomic E-state index is 9.76. The van der Waals surface area contributed by atoms with Crippen LogP contribution >= 0.6 is 8.03 Å². The summed E-state index contributed by atoms with van der Waals surface area (Å²) in [5.74, 6) is 0. The van der Waals surface area contributed by atoms with E-state index in [9.17, 15) is 9.36 Å². The van der Waals surface area contributed by atoms with Gasteiger partial charge in [-0.25, -0.2) is 0 Å². The fourth-order valence-electron chi connectivity index (χ4n) is 0.0781. The molecule has 0 aliphatic carbocycles. The Balaban J connectivity index is 3.58. The Morgan fingerprint density at radius 3 is 2.29 bits per heavy atom. The van der Waals surface area contributed by atoms with Crippen LogP contribution in [0.2, 0.25) is 0 Å². The van der Waals surface area contributed by atoms with Crippen LogP contribution in [-0.4, -0.2) is 17.7 Å². The molecule has 0 aliphatic rings. The van der Waals surface area contributed by atoms with Gasteiger partial charge in [-0.2, -0.15) is 9.69 Å². The molecule has 0 heterocycles. The number of carbonyl (C=O) groups excluding carboxylic acids is 1. The molecule has 1 N–H and O–H groups in total. The molecule has 1 unspecified atom stereocenters. The van der Waals surface area contributed by atoms with Gasteiger partial charge in [-0.3, -0.25) is 0 Å². The third-order valence-corrected chi connectivity index (χ3v) is 0.826. The zero-order valence-corrected chi connectivity index (χ0v) is 4.51. The highest BCUT2D eigenvalue weighted by Gasteiger charge is 2.26. The lowest BCUT2D eigenvalue weighted by Gasteiger charge is -1.74. The third-order valence-electron chi connectivity index (χ3n) is 0.331. The van der Waals surface area contributed by atoms with Gasteiger partial charge in [0.15, 0.2) is 0 Å². The number of rotatable bonds is 1. The van der Waals surface area contributed by atoms with E-state index in [4.69, 9.17) is 4.89 Å². The van der Waals surface area contributed by atoms with Crippen LogP contribution in [0.3, 0.4) is 0 Å². The maximum Gasteiger partial charge on any atom is 0.633 e. The summed E-state index contributed by atoms with van der Waals surface area (Å²) in [7, 11) is -1.73. The molecule has 0 aromatic heterocycles. The summed E-state index contributed by atoms with van der Waals surface area (Å²) in [6.07, 6.45) is 0. The zero-order chi connectivity index (χ0) is 5.86. The minimum absolute atomic E-state index is 1.05. The van der Waals surface area contributed by atoms with Crippen molar-refractivity contribution in [2.75, 3.05) is 7.11 Å². The molecule has 0 saturated heterocycles. The number of methoxy groups -OCH3 is 1. The number of ether oxygens (including phenoxy) is 1. The summed E-state index contributed by atoms with van der Waals surface area (Å²) in [5, 5.41) is 0. The predicted octanol–water partition coefficient (Wildman–Crippen LogP) is 0.487. The lowest BCUT2D eigenvalue weighted by atomic mass is 11.5. The molecule has 4 nitrogen and oxygen atoms in total. The highest BCUT2D eigenvalue weighted by molar-refractivity contribution is 7.57. The van der Waals surface area contributed by atoms with Gasteiger partial charge < -0.3 is 4.74 Å². The average molecular weight is 123 g/mol. The molecule has 0 aromatic rings. The van der Waals surface area contributed by atoms with Gasteiger partial charge in [-0.1, -0.05) is 0 Å². The molecule has 0 amide bonds. The van der Waals surface area contributed by atoms with Crippen molar-refractivity contribution >= 4 is 13.7 Å². The summed E-state index contributed by atoms with van der Waals surface area (Å²) in [5.41, 5.74) is -1.09. The van der Waals surface area contributed by atoms with Crippen molar-refractivity contribution < 1.29 is 19.0 Å². The molecule has 0 spiro atoms. The normalized spacial score (nSPS) is 10.3. The lowest BCUT2D eigenvalue weighted by molar-refractivity contribution is 0.195. The molecule has 0 rings (SSSR count). The van der Waals surface area contributed by atoms with E-state index in [2.05, 4.69) is 4.74 Å². The molecule has 0 saturated carbocycles. The van der Waals surface area contributed by atoms with Crippen molar-refractivity contribution in [3.05, 3.63) is 0 Å². The van der Waals surface area contributed by atoms with Crippen LogP contribution in [0.4, 0.5) is 4.79 Å². The van der Waals surface area contributed by atoms with Gasteiger partial charge in [-0.05, 0) is 4.57 Å². The molecule has 0 bridgehead atoms. The predicted molar refractivity (Wildman–Crippen MR) is 22.2 cm³/mol. The zero-order valence-electron chi connectivity index (χ0n) is 3.62. The van der Waals surface area contributed by atoms with Crippen molar-refractivity contribution in [1.29, 1.82) is 0 Å². The smallest absolute Gasteiger partial charge is 0.429 e. The Kier molecular flexibility index (Phi) is 2.48. The lowest BCUT2D eigenvalue weighted by Crippen LogP contribution is -1.87. The fraction of sp³-hybridized carbons (Fsp3) is 0.500. The number of hydrogen-bond acceptors (Lipinski definition) is 3. The Labute approximate surface area is 41.0 Å². The van der Waals surface area contributed by atoms with E-state index in [1.807, 2.05) is 0 Å². The van der Waals surface area contributed by atoms with Gasteiger partial charge in [0.1, 0.15) is 0 Å². The Hall–Kier alpha value is -0.470. The molecule has 0 aromatic carbocycles. The van der Waals surface area contributed by atoms with Gasteiger partial charge in [0.05, 0.1) is 7.11 Å². The van der Waals surface area contributed by atoms with Crippen molar-refractivity contribution in [2.45, 2.75) is 0 Å². The summed E-state index contributed by atoms with van der Waals surface area (Å²) >= 11 is 0. The van der Waals surface area contributed by atoms with E-state index in [1.54, 1.807) is 0 Å². The van der Waals surface area contributed by atoms with Crippen LogP contribution in [0.1, 0.15) is 0 Å². The Bertz CT molecular complexity index is 97.9. The molecule has 5 heteroatoms. The van der Waals surface area contributed by atoms with Crippen LogP contribution in [0.15, 0.2) is 0 Å². The molecular weight excluding hydrogens is 119 g/mol. The summed E-state index contributed by atoms with van der Waals surface area (Å²) < 4.78 is 13.4. The van der Waals surface area contributed by atoms with Crippen molar-refractivity contribution in [1.82, 2.24) is 0 Å². The van der Waals surface area contributed by atoms with E-state index in [0.29, 0.717) is 0 Å². The first-order chi connectivity index (χ1) is 3.18. The molecule has 0 fully saturated rings. The standard InChI is InChI=1S/C2H3O4P/c1-6-2(3)7(4)5/h1H3/p+1. The van der Waals surface area contributed by atoms with Crippen LogP contribution in [-0.2, 0) is 9.30 Å². The van der Waals surface area contributed by atoms with E-state index in [-0.39, 0.29) is 0 Å². The summed E-state index contributed by atoms with van der Waals surface area (Å²) in [6.45, 7) is 0. The van der Waals surface area contributed by atoms with E-state index < -0.39 is 13.7 Å². The van der Waals surface area contributed by atoms with Crippen molar-refractivity contribution in [3.8, 4) is 0 Å². The number of hydrogen-bond donors (Lipinski definition) is 1. The van der Waals surface area contributed by atoms with Crippen LogP contribution < -0.4 is 0 Å². The second-order valence-electron chi connectivity index (χ2n) is 0.743. The van der Waals surface area contributed by atoms with Gasteiger partial charge in [0.25, 0.3) is 0 Å². The third kappa shape index (κ3) is 2.25. The van der Waals surface area contributed by atoms with Crippen molar-refractivity contribution in [3.63, 3.8) is 0 Å². The first kappa shape index (κ1) is 6.53. The SMILES string of the molecule is COC(=O)[P+](=O)O. The molecule has 7 heavy (non-hydrogen) atoms. The number of carbonyl (C=O) groups is 1. The van der Waals surface area contributed by atoms with Crippen LogP contribution in [0.5, 0.6) is 0 Å². The topological polar surface area (TPSA) is 63.6 Å². The fourth-order valence-corrected chi connectivity index (χ4v) is 0.234. The monoisotopic (exact) mass is 123 g/mol. The maximum atomic E-state index is 9.76. The quantitative estimate of drug-likeness (QED) is 0.515. The van der Waals surface area contributed by atoms with Gasteiger partial charge in [-0.15, -0.1) is 0 Å². The average Bonchev–Trinajstić information content (AvgIpc) is 1.65. The molecular formula is C2H4O4P+. The first-order valence-corrected chi connectivity index (χ1v) is 2.64. The van der Waals surface area contributed by atoms with Gasteiger partial charge >= 0.3 is 13.7 Å². The van der Waals surface area contributed by atoms with Gasteiger partial charge in [0.2, 0.25) is 0 Å². The largest absolute Gasteiger partial charge is 0.633 e. The van der Waals surface area contributed by atoms with Crippen LogP contribution in [0.25, 0.3) is 0 Å². The summed E-state index contributed by atoms with van der Waals surface area (Å²) in [6, 6.07) is 0. The van der Waals surface area contributed by atoms with E-state index in [0.717, 1.165) is 7.11 Å².